The normalized spacial score (nSPS) is 25.1. The number of benzene rings is 1. The van der Waals surface area contributed by atoms with Crippen molar-refractivity contribution in [2.24, 2.45) is 11.7 Å². The van der Waals surface area contributed by atoms with E-state index in [2.05, 4.69) is 20.4 Å². The number of hydrogen-bond acceptors (Lipinski definition) is 8. The summed E-state index contributed by atoms with van der Waals surface area (Å²) in [7, 11) is 0. The van der Waals surface area contributed by atoms with E-state index in [4.69, 9.17) is 15.2 Å². The summed E-state index contributed by atoms with van der Waals surface area (Å²) >= 11 is 0. The van der Waals surface area contributed by atoms with Crippen LogP contribution in [0.3, 0.4) is 0 Å². The highest BCUT2D eigenvalue weighted by atomic mass is 19.1. The molecule has 3 aromatic heterocycles. The third-order valence-corrected chi connectivity index (χ3v) is 8.86. The van der Waals surface area contributed by atoms with Crippen molar-refractivity contribution in [2.45, 2.75) is 69.8 Å². The van der Waals surface area contributed by atoms with E-state index in [-0.39, 0.29) is 41.8 Å². The molecule has 4 N–H and O–H groups in total. The van der Waals surface area contributed by atoms with Crippen molar-refractivity contribution >= 4 is 17.2 Å². The Balaban J connectivity index is 1.25. The number of anilines is 2. The molecule has 9 nitrogen and oxygen atoms in total. The molecule has 4 aromatic rings. The van der Waals surface area contributed by atoms with Gasteiger partial charge in [0.2, 0.25) is 5.95 Å². The molecule has 1 aliphatic carbocycles. The summed E-state index contributed by atoms with van der Waals surface area (Å²) < 4.78 is 43.3. The first-order valence-electron chi connectivity index (χ1n) is 14.4. The highest BCUT2D eigenvalue weighted by molar-refractivity contribution is 5.66. The maximum absolute atomic E-state index is 15.3. The van der Waals surface area contributed by atoms with Gasteiger partial charge in [0.1, 0.15) is 11.6 Å². The molecule has 4 heterocycles. The van der Waals surface area contributed by atoms with Crippen LogP contribution in [0.25, 0.3) is 16.8 Å². The third kappa shape index (κ3) is 5.61. The van der Waals surface area contributed by atoms with Gasteiger partial charge in [0.15, 0.2) is 0 Å². The van der Waals surface area contributed by atoms with Gasteiger partial charge in [-0.1, -0.05) is 6.92 Å². The number of fused-ring (bicyclic) bond motifs is 1. The van der Waals surface area contributed by atoms with Crippen molar-refractivity contribution in [3.8, 4) is 11.3 Å². The van der Waals surface area contributed by atoms with Crippen molar-refractivity contribution in [3.05, 3.63) is 71.7 Å². The van der Waals surface area contributed by atoms with E-state index < -0.39 is 17.2 Å². The van der Waals surface area contributed by atoms with Crippen molar-refractivity contribution in [1.29, 1.82) is 0 Å². The Hall–Kier alpha value is -3.51. The largest absolute Gasteiger partial charge is 0.388 e. The van der Waals surface area contributed by atoms with Crippen LogP contribution in [0, 0.1) is 17.6 Å². The molecule has 2 aliphatic rings. The molecule has 6 rings (SSSR count). The lowest BCUT2D eigenvalue weighted by molar-refractivity contribution is -0.0463. The van der Waals surface area contributed by atoms with Crippen LogP contribution in [0.1, 0.15) is 56.6 Å². The Morgan fingerprint density at radius 3 is 2.64 bits per heavy atom. The number of hydrogen-bond donors (Lipinski definition) is 3. The SMILES string of the molecule is CC1CC(c2ccncc2Nc2ncc3ccc(-c4c(F)cc(COC5CCOCC5)cc4F)nn23)CC(N)C1(C)O. The second-order valence-electron chi connectivity index (χ2n) is 11.7. The van der Waals surface area contributed by atoms with Crippen LogP contribution in [0.4, 0.5) is 20.4 Å². The number of nitrogens with zero attached hydrogens (tertiary/aromatic N) is 4. The number of pyridine rings is 1. The van der Waals surface area contributed by atoms with Crippen LogP contribution in [0.5, 0.6) is 0 Å². The molecular formula is C31H36F2N6O3. The summed E-state index contributed by atoms with van der Waals surface area (Å²) in [5.74, 6) is -0.935. The standard InChI is InChI=1S/C31H36F2N6O3/c1-18-11-20(14-28(34)31(18,2)40)23-5-8-35-16-27(23)37-30-36-15-21-3-4-26(38-39(21)30)29-24(32)12-19(13-25(29)33)17-42-22-6-9-41-10-7-22/h3-5,8,12-13,15-16,18,20,22,28,40H,6-7,9-11,14,17,34H2,1-2H3,(H,36,37). The number of rotatable bonds is 7. The van der Waals surface area contributed by atoms with Crippen molar-refractivity contribution in [3.63, 3.8) is 0 Å². The molecule has 0 amide bonds. The van der Waals surface area contributed by atoms with Crippen LogP contribution in [0.15, 0.2) is 48.9 Å². The second kappa shape index (κ2) is 11.6. The lowest BCUT2D eigenvalue weighted by Gasteiger charge is -2.44. The first kappa shape index (κ1) is 28.6. The van der Waals surface area contributed by atoms with Gasteiger partial charge in [0.25, 0.3) is 0 Å². The fourth-order valence-electron chi connectivity index (χ4n) is 6.02. The van der Waals surface area contributed by atoms with Gasteiger partial charge in [-0.2, -0.15) is 9.61 Å². The molecule has 0 spiro atoms. The number of aromatic nitrogens is 4. The van der Waals surface area contributed by atoms with Crippen LogP contribution in [0.2, 0.25) is 0 Å². The zero-order valence-electron chi connectivity index (χ0n) is 23.8. The van der Waals surface area contributed by atoms with E-state index in [0.717, 1.165) is 30.5 Å². The van der Waals surface area contributed by atoms with Gasteiger partial charge >= 0.3 is 0 Å². The van der Waals surface area contributed by atoms with E-state index in [9.17, 15) is 5.11 Å². The van der Waals surface area contributed by atoms with Gasteiger partial charge in [0, 0.05) is 25.5 Å². The molecule has 42 heavy (non-hydrogen) atoms. The van der Waals surface area contributed by atoms with Crippen molar-refractivity contribution < 1.29 is 23.4 Å². The van der Waals surface area contributed by atoms with Gasteiger partial charge < -0.3 is 25.6 Å². The molecule has 4 atom stereocenters. The summed E-state index contributed by atoms with van der Waals surface area (Å²) in [6, 6.07) is 7.47. The average Bonchev–Trinajstić information content (AvgIpc) is 3.37. The number of aliphatic hydroxyl groups is 1. The third-order valence-electron chi connectivity index (χ3n) is 8.86. The van der Waals surface area contributed by atoms with Crippen LogP contribution in [-0.2, 0) is 16.1 Å². The number of nitrogens with two attached hydrogens (primary N) is 1. The fraction of sp³-hybridized carbons (Fsp3) is 0.452. The highest BCUT2D eigenvalue weighted by Crippen LogP contribution is 2.43. The fourth-order valence-corrected chi connectivity index (χ4v) is 6.02. The van der Waals surface area contributed by atoms with Gasteiger partial charge in [-0.3, -0.25) is 4.98 Å². The van der Waals surface area contributed by atoms with Crippen LogP contribution >= 0.6 is 0 Å². The first-order chi connectivity index (χ1) is 20.2. The zero-order valence-corrected chi connectivity index (χ0v) is 23.8. The molecule has 11 heteroatoms. The Labute approximate surface area is 243 Å². The molecular weight excluding hydrogens is 542 g/mol. The average molecular weight is 579 g/mol. The predicted octanol–water partition coefficient (Wildman–Crippen LogP) is 5.10. The van der Waals surface area contributed by atoms with Gasteiger partial charge in [-0.15, -0.1) is 0 Å². The predicted molar refractivity (Wildman–Crippen MR) is 154 cm³/mol. The zero-order chi connectivity index (χ0) is 29.4. The molecule has 1 saturated carbocycles. The molecule has 1 saturated heterocycles. The Kier molecular flexibility index (Phi) is 7.93. The molecule has 222 valence electrons. The van der Waals surface area contributed by atoms with E-state index in [1.165, 1.54) is 16.6 Å². The molecule has 0 radical (unpaired) electrons. The highest BCUT2D eigenvalue weighted by Gasteiger charge is 2.42. The monoisotopic (exact) mass is 578 g/mol. The maximum Gasteiger partial charge on any atom is 0.229 e. The smallest absolute Gasteiger partial charge is 0.229 e. The molecule has 1 aromatic carbocycles. The quantitative estimate of drug-likeness (QED) is 0.277. The summed E-state index contributed by atoms with van der Waals surface area (Å²) in [5.41, 5.74) is 8.16. The molecule has 2 fully saturated rings. The minimum Gasteiger partial charge on any atom is -0.388 e. The summed E-state index contributed by atoms with van der Waals surface area (Å²) in [6.07, 6.45) is 8.02. The Bertz CT molecular complexity index is 1530. The number of imidazole rings is 1. The Morgan fingerprint density at radius 1 is 1.14 bits per heavy atom. The lowest BCUT2D eigenvalue weighted by atomic mass is 9.68. The van der Waals surface area contributed by atoms with Crippen LogP contribution < -0.4 is 11.1 Å². The molecule has 0 bridgehead atoms. The van der Waals surface area contributed by atoms with Gasteiger partial charge in [-0.25, -0.2) is 13.8 Å². The van der Waals surface area contributed by atoms with Crippen LogP contribution in [-0.4, -0.2) is 55.6 Å². The van der Waals surface area contributed by atoms with E-state index in [1.807, 2.05) is 13.0 Å². The first-order valence-corrected chi connectivity index (χ1v) is 14.4. The topological polar surface area (TPSA) is 120 Å². The van der Waals surface area contributed by atoms with E-state index in [1.54, 1.807) is 37.6 Å². The van der Waals surface area contributed by atoms with E-state index in [0.29, 0.717) is 36.7 Å². The maximum atomic E-state index is 15.3. The molecule has 4 unspecified atom stereocenters. The molecule has 1 aliphatic heterocycles. The summed E-state index contributed by atoms with van der Waals surface area (Å²) in [6.45, 7) is 5.19. The second-order valence-corrected chi connectivity index (χ2v) is 11.7. The minimum atomic E-state index is -0.933. The summed E-state index contributed by atoms with van der Waals surface area (Å²) in [4.78, 5) is 8.77. The minimum absolute atomic E-state index is 0.00773. The van der Waals surface area contributed by atoms with Gasteiger partial charge in [0.05, 0.1) is 53.2 Å². The number of ether oxygens (including phenoxy) is 2. The van der Waals surface area contributed by atoms with Crippen molar-refractivity contribution in [2.75, 3.05) is 18.5 Å². The van der Waals surface area contributed by atoms with Gasteiger partial charge in [-0.05, 0) is 85.9 Å². The lowest BCUT2D eigenvalue weighted by Crippen LogP contribution is -2.54. The summed E-state index contributed by atoms with van der Waals surface area (Å²) in [5, 5.41) is 18.7. The Morgan fingerprint density at radius 2 is 1.90 bits per heavy atom. The number of halogens is 2. The van der Waals surface area contributed by atoms with E-state index >= 15 is 8.78 Å². The van der Waals surface area contributed by atoms with Crippen molar-refractivity contribution in [1.82, 2.24) is 19.6 Å². The number of nitrogens with one attached hydrogen (secondary N) is 1.